The second-order valence-electron chi connectivity index (χ2n) is 5.94. The zero-order valence-electron chi connectivity index (χ0n) is 14.4. The molecule has 0 radical (unpaired) electrons. The van der Waals surface area contributed by atoms with Gasteiger partial charge in [-0.3, -0.25) is 14.0 Å². The average molecular weight is 423 g/mol. The van der Waals surface area contributed by atoms with Crippen LogP contribution in [0.25, 0.3) is 5.69 Å². The maximum Gasteiger partial charge on any atom is 0.390 e. The van der Waals surface area contributed by atoms with Crippen LogP contribution >= 0.6 is 11.6 Å². The first-order chi connectivity index (χ1) is 12.6. The van der Waals surface area contributed by atoms with Crippen LogP contribution in [0.15, 0.2) is 30.7 Å². The van der Waals surface area contributed by atoms with Gasteiger partial charge in [-0.05, 0) is 18.6 Å². The van der Waals surface area contributed by atoms with Gasteiger partial charge in [-0.25, -0.2) is 4.68 Å². The van der Waals surface area contributed by atoms with Gasteiger partial charge < -0.3 is 5.73 Å². The molecule has 0 aromatic carbocycles. The van der Waals surface area contributed by atoms with Gasteiger partial charge >= 0.3 is 6.18 Å². The Bertz CT molecular complexity index is 829. The predicted octanol–water partition coefficient (Wildman–Crippen LogP) is 2.75. The molecule has 27 heavy (non-hydrogen) atoms. The van der Waals surface area contributed by atoms with Gasteiger partial charge in [0.25, 0.3) is 0 Å². The Balaban J connectivity index is 2.37. The van der Waals surface area contributed by atoms with Crippen molar-refractivity contribution < 1.29 is 22.2 Å². The molecule has 2 N–H and O–H groups in total. The van der Waals surface area contributed by atoms with Gasteiger partial charge in [-0.1, -0.05) is 18.5 Å². The normalized spacial score (nSPS) is 15.3. The van der Waals surface area contributed by atoms with Crippen LogP contribution in [-0.2, 0) is 21.0 Å². The first-order valence-electron chi connectivity index (χ1n) is 7.97. The highest BCUT2D eigenvalue weighted by Crippen LogP contribution is 2.35. The second-order valence-corrected chi connectivity index (χ2v) is 7.88. The van der Waals surface area contributed by atoms with Gasteiger partial charge in [0.2, 0.25) is 5.91 Å². The summed E-state index contributed by atoms with van der Waals surface area (Å²) in [7, 11) is -1.93. The summed E-state index contributed by atoms with van der Waals surface area (Å²) in [6.07, 6.45) is -0.973. The number of aromatic nitrogens is 3. The number of nitrogens with two attached hydrogens (primary N) is 1. The van der Waals surface area contributed by atoms with E-state index in [-0.39, 0.29) is 22.9 Å². The molecule has 2 aromatic rings. The zero-order valence-corrected chi connectivity index (χ0v) is 15.9. The first kappa shape index (κ1) is 21.4. The van der Waals surface area contributed by atoms with Crippen LogP contribution in [0.1, 0.15) is 25.3 Å². The van der Waals surface area contributed by atoms with Gasteiger partial charge in [-0.15, -0.1) is 0 Å². The van der Waals surface area contributed by atoms with Crippen LogP contribution in [0.4, 0.5) is 13.2 Å². The average Bonchev–Trinajstić information content (AvgIpc) is 3.00. The molecule has 2 atom stereocenters. The van der Waals surface area contributed by atoms with Gasteiger partial charge in [0, 0.05) is 40.3 Å². The van der Waals surface area contributed by atoms with Gasteiger partial charge in [0.1, 0.15) is 0 Å². The van der Waals surface area contributed by atoms with Gasteiger partial charge in [-0.2, -0.15) is 18.3 Å². The summed E-state index contributed by atoms with van der Waals surface area (Å²) in [5, 5.41) is 4.09. The smallest absolute Gasteiger partial charge is 0.369 e. The number of carbonyl (C=O) groups is 1. The molecule has 2 heterocycles. The highest BCUT2D eigenvalue weighted by atomic mass is 35.5. The van der Waals surface area contributed by atoms with E-state index in [1.165, 1.54) is 17.1 Å². The molecule has 0 bridgehead atoms. The lowest BCUT2D eigenvalue weighted by Gasteiger charge is -2.28. The first-order valence-corrected chi connectivity index (χ1v) is 9.83. The number of hydrogen-bond donors (Lipinski definition) is 1. The third-order valence-electron chi connectivity index (χ3n) is 4.19. The minimum absolute atomic E-state index is 0.0349. The summed E-state index contributed by atoms with van der Waals surface area (Å²) in [5.74, 6) is -1.81. The largest absolute Gasteiger partial charge is 0.390 e. The molecular weight excluding hydrogens is 405 g/mol. The summed E-state index contributed by atoms with van der Waals surface area (Å²) in [6, 6.07) is 3.39. The van der Waals surface area contributed by atoms with Crippen molar-refractivity contribution in [3.63, 3.8) is 0 Å². The Hall–Kier alpha value is -1.94. The van der Waals surface area contributed by atoms with Crippen molar-refractivity contribution in [2.45, 2.75) is 31.4 Å². The Morgan fingerprint density at radius 3 is 2.63 bits per heavy atom. The van der Waals surface area contributed by atoms with Crippen molar-refractivity contribution in [3.05, 3.63) is 41.4 Å². The van der Waals surface area contributed by atoms with Crippen molar-refractivity contribution in [2.24, 2.45) is 5.73 Å². The summed E-state index contributed by atoms with van der Waals surface area (Å²) in [6.45, 7) is 1.63. The second kappa shape index (κ2) is 8.39. The molecule has 148 valence electrons. The summed E-state index contributed by atoms with van der Waals surface area (Å²) in [4.78, 5) is 16.2. The molecule has 0 aliphatic heterocycles. The number of hydrogen-bond acceptors (Lipinski definition) is 4. The highest BCUT2D eigenvalue weighted by molar-refractivity contribution is 7.85. The summed E-state index contributed by atoms with van der Waals surface area (Å²) < 4.78 is 50.8. The van der Waals surface area contributed by atoms with Crippen LogP contribution in [0.2, 0.25) is 5.15 Å². The maximum atomic E-state index is 12.4. The molecule has 1 amide bonds. The van der Waals surface area contributed by atoms with Crippen LogP contribution in [-0.4, -0.2) is 42.6 Å². The van der Waals surface area contributed by atoms with Crippen molar-refractivity contribution in [1.82, 2.24) is 14.8 Å². The minimum Gasteiger partial charge on any atom is -0.369 e. The fourth-order valence-electron chi connectivity index (χ4n) is 2.62. The van der Waals surface area contributed by atoms with Crippen LogP contribution in [0, 0.1) is 0 Å². The molecule has 0 fully saturated rings. The van der Waals surface area contributed by atoms with Crippen molar-refractivity contribution in [2.75, 3.05) is 11.5 Å². The molecule has 2 unspecified atom stereocenters. The minimum atomic E-state index is -4.43. The fraction of sp³-hybridized carbons (Fsp3) is 0.438. The summed E-state index contributed by atoms with van der Waals surface area (Å²) in [5.41, 5.74) is 4.86. The zero-order chi connectivity index (χ0) is 20.2. The molecule has 6 nitrogen and oxygen atoms in total. The van der Waals surface area contributed by atoms with Gasteiger partial charge in [0.05, 0.1) is 23.7 Å². The predicted molar refractivity (Wildman–Crippen MR) is 96.1 cm³/mol. The molecule has 2 rings (SSSR count). The third kappa shape index (κ3) is 5.07. The van der Waals surface area contributed by atoms with E-state index in [9.17, 15) is 22.2 Å². The number of pyridine rings is 1. The number of carbonyl (C=O) groups excluding carboxylic acids is 1. The van der Waals surface area contributed by atoms with E-state index in [1.54, 1.807) is 25.3 Å². The van der Waals surface area contributed by atoms with E-state index in [0.717, 1.165) is 0 Å². The number of nitrogens with zero attached hydrogens (tertiary/aromatic N) is 3. The fourth-order valence-corrected chi connectivity index (χ4v) is 4.59. The van der Waals surface area contributed by atoms with Crippen molar-refractivity contribution >= 4 is 28.3 Å². The Labute approximate surface area is 161 Å². The Kier molecular flexibility index (Phi) is 6.63. The summed E-state index contributed by atoms with van der Waals surface area (Å²) >= 11 is 6.20. The van der Waals surface area contributed by atoms with Crippen molar-refractivity contribution in [1.29, 1.82) is 0 Å². The lowest BCUT2D eigenvalue weighted by molar-refractivity contribution is -0.129. The standard InChI is InChI=1S/C16H18ClF3N4O2S/c1-2-15(14(21)25,10-27(26)7-5-16(18,19)20)12-9-24(23-13(12)17)11-4-3-6-22-8-11/h3-4,6,8-9H,2,5,7,10H2,1H3,(H2,21,25). The highest BCUT2D eigenvalue weighted by Gasteiger charge is 2.42. The number of rotatable bonds is 8. The van der Waals surface area contributed by atoms with E-state index in [0.29, 0.717) is 5.69 Å². The molecule has 11 heteroatoms. The molecule has 0 spiro atoms. The van der Waals surface area contributed by atoms with E-state index in [1.807, 2.05) is 0 Å². The number of amides is 1. The van der Waals surface area contributed by atoms with Gasteiger partial charge in [0.15, 0.2) is 5.15 Å². The number of halogens is 4. The Morgan fingerprint density at radius 1 is 1.41 bits per heavy atom. The monoisotopic (exact) mass is 422 g/mol. The maximum absolute atomic E-state index is 12.4. The van der Waals surface area contributed by atoms with Crippen LogP contribution < -0.4 is 5.73 Å². The Morgan fingerprint density at radius 2 is 2.11 bits per heavy atom. The molecule has 2 aromatic heterocycles. The molecule has 0 aliphatic carbocycles. The van der Waals surface area contributed by atoms with E-state index in [4.69, 9.17) is 17.3 Å². The lowest BCUT2D eigenvalue weighted by Crippen LogP contribution is -2.45. The van der Waals surface area contributed by atoms with Crippen molar-refractivity contribution in [3.8, 4) is 5.69 Å². The molecule has 0 saturated heterocycles. The lowest BCUT2D eigenvalue weighted by atomic mass is 9.81. The SMILES string of the molecule is CCC(CS(=O)CCC(F)(F)F)(C(N)=O)c1cn(-c2cccnc2)nc1Cl. The van der Waals surface area contributed by atoms with Crippen LogP contribution in [0.5, 0.6) is 0 Å². The third-order valence-corrected chi connectivity index (χ3v) is 5.94. The van der Waals surface area contributed by atoms with E-state index < -0.39 is 40.5 Å². The number of alkyl halides is 3. The van der Waals surface area contributed by atoms with E-state index >= 15 is 0 Å². The molecule has 0 saturated carbocycles. The molecule has 0 aliphatic rings. The quantitative estimate of drug-likeness (QED) is 0.708. The van der Waals surface area contributed by atoms with E-state index in [2.05, 4.69) is 10.1 Å². The van der Waals surface area contributed by atoms with Crippen LogP contribution in [0.3, 0.4) is 0 Å². The topological polar surface area (TPSA) is 90.9 Å². The number of primary amides is 1. The molecular formula is C16H18ClF3N4O2S.